The van der Waals surface area contributed by atoms with E-state index in [-0.39, 0.29) is 0 Å². The number of nitriles is 1. The van der Waals surface area contributed by atoms with Crippen LogP contribution < -0.4 is 4.74 Å². The van der Waals surface area contributed by atoms with Crippen molar-refractivity contribution in [3.8, 4) is 11.8 Å². The van der Waals surface area contributed by atoms with Gasteiger partial charge in [-0.15, -0.1) is 11.3 Å². The molecule has 0 aliphatic rings. The van der Waals surface area contributed by atoms with E-state index in [9.17, 15) is 0 Å². The smallest absolute Gasteiger partial charge is 0.128 e. The standard InChI is InChI=1S/C17H20N2OS/c1-4-5-14-16(11-18)21-17(19-14)8-9-20-15-10-12(2)6-7-13(15)3/h6-7,10H,4-5,8-9H2,1-3H3. The zero-order valence-corrected chi connectivity index (χ0v) is 13.6. The van der Waals surface area contributed by atoms with Crippen LogP contribution in [-0.2, 0) is 12.8 Å². The van der Waals surface area contributed by atoms with Crippen LogP contribution in [0, 0.1) is 25.2 Å². The van der Waals surface area contributed by atoms with Gasteiger partial charge in [-0.05, 0) is 37.5 Å². The fraction of sp³-hybridized carbons (Fsp3) is 0.412. The van der Waals surface area contributed by atoms with Gasteiger partial charge in [-0.25, -0.2) is 4.98 Å². The zero-order valence-electron chi connectivity index (χ0n) is 12.8. The minimum Gasteiger partial charge on any atom is -0.493 e. The van der Waals surface area contributed by atoms with Crippen molar-refractivity contribution < 1.29 is 4.74 Å². The molecule has 2 aromatic rings. The lowest BCUT2D eigenvalue weighted by molar-refractivity contribution is 0.319. The molecule has 0 amide bonds. The first-order chi connectivity index (χ1) is 10.1. The van der Waals surface area contributed by atoms with Crippen molar-refractivity contribution >= 4 is 11.3 Å². The zero-order chi connectivity index (χ0) is 15.2. The topological polar surface area (TPSA) is 45.9 Å². The van der Waals surface area contributed by atoms with Crippen molar-refractivity contribution in [3.05, 3.63) is 44.9 Å². The van der Waals surface area contributed by atoms with E-state index in [0.29, 0.717) is 6.61 Å². The van der Waals surface area contributed by atoms with Gasteiger partial charge in [0.2, 0.25) is 0 Å². The molecule has 0 bridgehead atoms. The third-order valence-electron chi connectivity index (χ3n) is 3.25. The number of rotatable bonds is 6. The molecule has 110 valence electrons. The van der Waals surface area contributed by atoms with E-state index in [4.69, 9.17) is 10.00 Å². The Bertz CT molecular complexity index is 655. The highest BCUT2D eigenvalue weighted by atomic mass is 32.1. The number of aryl methyl sites for hydroxylation is 3. The first kappa shape index (κ1) is 15.5. The summed E-state index contributed by atoms with van der Waals surface area (Å²) in [6.45, 7) is 6.80. The van der Waals surface area contributed by atoms with Crippen molar-refractivity contribution in [1.29, 1.82) is 5.26 Å². The van der Waals surface area contributed by atoms with Crippen molar-refractivity contribution in [2.45, 2.75) is 40.0 Å². The lowest BCUT2D eigenvalue weighted by Gasteiger charge is -2.08. The lowest BCUT2D eigenvalue weighted by atomic mass is 10.1. The van der Waals surface area contributed by atoms with E-state index in [1.54, 1.807) is 0 Å². The Kier molecular flexibility index (Phi) is 5.35. The minimum absolute atomic E-state index is 0.592. The SMILES string of the molecule is CCCc1nc(CCOc2cc(C)ccc2C)sc1C#N. The van der Waals surface area contributed by atoms with Gasteiger partial charge in [0, 0.05) is 6.42 Å². The second-order valence-corrected chi connectivity index (χ2v) is 6.20. The predicted molar refractivity (Wildman–Crippen MR) is 85.9 cm³/mol. The lowest BCUT2D eigenvalue weighted by Crippen LogP contribution is -2.02. The molecular weight excluding hydrogens is 280 g/mol. The predicted octanol–water partition coefficient (Wildman–Crippen LogP) is 4.21. The summed E-state index contributed by atoms with van der Waals surface area (Å²) in [5.41, 5.74) is 3.28. The molecule has 0 aliphatic carbocycles. The van der Waals surface area contributed by atoms with Crippen LogP contribution in [0.2, 0.25) is 0 Å². The fourth-order valence-electron chi connectivity index (χ4n) is 2.11. The first-order valence-electron chi connectivity index (χ1n) is 7.22. The molecule has 3 nitrogen and oxygen atoms in total. The van der Waals surface area contributed by atoms with Crippen LogP contribution >= 0.6 is 11.3 Å². The average Bonchev–Trinajstić information content (AvgIpc) is 2.85. The Hall–Kier alpha value is -1.86. The van der Waals surface area contributed by atoms with Crippen LogP contribution in [0.25, 0.3) is 0 Å². The fourth-order valence-corrected chi connectivity index (χ4v) is 3.00. The number of aromatic nitrogens is 1. The van der Waals surface area contributed by atoms with Gasteiger partial charge in [-0.1, -0.05) is 25.5 Å². The molecule has 0 atom stereocenters. The normalized spacial score (nSPS) is 10.4. The van der Waals surface area contributed by atoms with Gasteiger partial charge < -0.3 is 4.74 Å². The third-order valence-corrected chi connectivity index (χ3v) is 4.31. The van der Waals surface area contributed by atoms with Crippen LogP contribution in [-0.4, -0.2) is 11.6 Å². The molecule has 0 saturated carbocycles. The number of thiazole rings is 1. The van der Waals surface area contributed by atoms with Gasteiger partial charge in [0.25, 0.3) is 0 Å². The highest BCUT2D eigenvalue weighted by Gasteiger charge is 2.10. The third kappa shape index (κ3) is 4.05. The summed E-state index contributed by atoms with van der Waals surface area (Å²) in [4.78, 5) is 5.31. The van der Waals surface area contributed by atoms with Crippen molar-refractivity contribution in [2.24, 2.45) is 0 Å². The molecule has 2 rings (SSSR count). The van der Waals surface area contributed by atoms with Gasteiger partial charge in [0.15, 0.2) is 0 Å². The molecule has 0 N–H and O–H groups in total. The molecule has 0 unspecified atom stereocenters. The summed E-state index contributed by atoms with van der Waals surface area (Å²) in [5.74, 6) is 0.931. The quantitative estimate of drug-likeness (QED) is 0.803. The monoisotopic (exact) mass is 300 g/mol. The van der Waals surface area contributed by atoms with Crippen LogP contribution in [0.5, 0.6) is 5.75 Å². The number of benzene rings is 1. The molecule has 0 spiro atoms. The second kappa shape index (κ2) is 7.24. The van der Waals surface area contributed by atoms with Crippen molar-refractivity contribution in [3.63, 3.8) is 0 Å². The van der Waals surface area contributed by atoms with Gasteiger partial charge >= 0.3 is 0 Å². The maximum absolute atomic E-state index is 9.12. The summed E-state index contributed by atoms with van der Waals surface area (Å²) < 4.78 is 5.85. The summed E-state index contributed by atoms with van der Waals surface area (Å²) in [6, 6.07) is 8.45. The molecule has 0 radical (unpaired) electrons. The Morgan fingerprint density at radius 1 is 1.29 bits per heavy atom. The largest absolute Gasteiger partial charge is 0.493 e. The van der Waals surface area contributed by atoms with Crippen LogP contribution in [0.4, 0.5) is 0 Å². The number of ether oxygens (including phenoxy) is 1. The van der Waals surface area contributed by atoms with Gasteiger partial charge in [-0.3, -0.25) is 0 Å². The van der Waals surface area contributed by atoms with E-state index in [0.717, 1.165) is 46.2 Å². The molecule has 1 aromatic carbocycles. The number of hydrogen-bond donors (Lipinski definition) is 0. The minimum atomic E-state index is 0.592. The van der Waals surface area contributed by atoms with Crippen LogP contribution in [0.3, 0.4) is 0 Å². The summed E-state index contributed by atoms with van der Waals surface area (Å²) in [6.07, 6.45) is 2.63. The highest BCUT2D eigenvalue weighted by molar-refractivity contribution is 7.12. The van der Waals surface area contributed by atoms with E-state index in [1.807, 2.05) is 6.92 Å². The molecule has 4 heteroatoms. The molecule has 0 aliphatic heterocycles. The Labute approximate surface area is 130 Å². The van der Waals surface area contributed by atoms with Crippen molar-refractivity contribution in [2.75, 3.05) is 6.61 Å². The van der Waals surface area contributed by atoms with Crippen molar-refractivity contribution in [1.82, 2.24) is 4.98 Å². The molecule has 1 aromatic heterocycles. The Balaban J connectivity index is 1.97. The number of hydrogen-bond acceptors (Lipinski definition) is 4. The van der Waals surface area contributed by atoms with E-state index < -0.39 is 0 Å². The maximum atomic E-state index is 9.12. The van der Waals surface area contributed by atoms with Crippen LogP contribution in [0.1, 0.15) is 40.1 Å². The van der Waals surface area contributed by atoms with Gasteiger partial charge in [0.1, 0.15) is 16.7 Å². The molecule has 0 saturated heterocycles. The average molecular weight is 300 g/mol. The summed E-state index contributed by atoms with van der Waals surface area (Å²) in [7, 11) is 0. The molecule has 1 heterocycles. The van der Waals surface area contributed by atoms with Gasteiger partial charge in [-0.2, -0.15) is 5.26 Å². The maximum Gasteiger partial charge on any atom is 0.128 e. The molecule has 0 fully saturated rings. The van der Waals surface area contributed by atoms with E-state index in [1.165, 1.54) is 16.9 Å². The van der Waals surface area contributed by atoms with Crippen LogP contribution in [0.15, 0.2) is 18.2 Å². The summed E-state index contributed by atoms with van der Waals surface area (Å²) >= 11 is 1.49. The van der Waals surface area contributed by atoms with Gasteiger partial charge in [0.05, 0.1) is 17.3 Å². The van der Waals surface area contributed by atoms with E-state index >= 15 is 0 Å². The number of nitrogens with zero attached hydrogens (tertiary/aromatic N) is 2. The second-order valence-electron chi connectivity index (χ2n) is 5.11. The van der Waals surface area contributed by atoms with E-state index in [2.05, 4.69) is 43.1 Å². The molecule has 21 heavy (non-hydrogen) atoms. The summed E-state index contributed by atoms with van der Waals surface area (Å²) in [5, 5.41) is 10.1. The highest BCUT2D eigenvalue weighted by Crippen LogP contribution is 2.22. The Morgan fingerprint density at radius 3 is 2.81 bits per heavy atom. The molecular formula is C17H20N2OS. The Morgan fingerprint density at radius 2 is 2.10 bits per heavy atom. The first-order valence-corrected chi connectivity index (χ1v) is 8.04.